The summed E-state index contributed by atoms with van der Waals surface area (Å²) in [6.07, 6.45) is 2.09. The lowest BCUT2D eigenvalue weighted by molar-refractivity contribution is 0.0701. The van der Waals surface area contributed by atoms with Gasteiger partial charge in [0.2, 0.25) is 0 Å². The summed E-state index contributed by atoms with van der Waals surface area (Å²) >= 11 is 7.67. The second-order valence-electron chi connectivity index (χ2n) is 7.03. The maximum Gasteiger partial charge on any atom is 0.345 e. The van der Waals surface area contributed by atoms with Crippen molar-refractivity contribution in [2.75, 3.05) is 6.61 Å². The molecular weight excluding hydrogens is 410 g/mol. The van der Waals surface area contributed by atoms with Crippen LogP contribution in [0, 0.1) is 23.5 Å². The number of aryl methyl sites for hydroxylation is 1. The van der Waals surface area contributed by atoms with Crippen LogP contribution in [0.4, 0.5) is 8.78 Å². The molecule has 152 valence electrons. The first kappa shape index (κ1) is 21.0. The van der Waals surface area contributed by atoms with Crippen molar-refractivity contribution < 1.29 is 28.5 Å². The molecule has 1 heterocycles. The minimum atomic E-state index is -0.929. The van der Waals surface area contributed by atoms with Crippen molar-refractivity contribution in [1.82, 2.24) is 0 Å². The van der Waals surface area contributed by atoms with Crippen molar-refractivity contribution in [2.24, 2.45) is 11.8 Å². The van der Waals surface area contributed by atoms with E-state index in [4.69, 9.17) is 21.4 Å². The molecule has 0 spiro atoms. The first-order chi connectivity index (χ1) is 13.3. The molecule has 28 heavy (non-hydrogen) atoms. The standard InChI is InChI=1S/C20H21ClF2O4S/c21-17-9-18(24)16(10-27-13-7-11(22)6-12(23)8-13)15(17)3-1-2-14-4-5-19(28-14)20(25)26/h4-8,15-18,24H,1-3,9-10H2,(H,25,26)/t15-,16-,17+,18-/m1/s1. The Labute approximate surface area is 170 Å². The van der Waals surface area contributed by atoms with Crippen LogP contribution in [0.2, 0.25) is 0 Å². The number of aliphatic hydroxyl groups excluding tert-OH is 1. The normalized spacial score (nSPS) is 24.4. The molecule has 0 saturated heterocycles. The van der Waals surface area contributed by atoms with Crippen molar-refractivity contribution in [3.8, 4) is 5.75 Å². The van der Waals surface area contributed by atoms with Crippen LogP contribution < -0.4 is 4.74 Å². The fourth-order valence-corrected chi connectivity index (χ4v) is 5.09. The van der Waals surface area contributed by atoms with E-state index in [0.717, 1.165) is 42.3 Å². The molecule has 0 unspecified atom stereocenters. The van der Waals surface area contributed by atoms with Crippen molar-refractivity contribution in [2.45, 2.75) is 37.2 Å². The number of benzene rings is 1. The molecule has 1 aliphatic rings. The number of alkyl halides is 1. The monoisotopic (exact) mass is 430 g/mol. The highest BCUT2D eigenvalue weighted by Gasteiger charge is 2.41. The van der Waals surface area contributed by atoms with Gasteiger partial charge in [-0.3, -0.25) is 0 Å². The van der Waals surface area contributed by atoms with E-state index >= 15 is 0 Å². The maximum atomic E-state index is 13.3. The largest absolute Gasteiger partial charge is 0.493 e. The SMILES string of the molecule is O=C(O)c1ccc(CCC[C@@H]2[C@@H](COc3cc(F)cc(F)c3)[C@H](O)C[C@@H]2Cl)s1. The van der Waals surface area contributed by atoms with Gasteiger partial charge in [0.15, 0.2) is 0 Å². The topological polar surface area (TPSA) is 66.8 Å². The van der Waals surface area contributed by atoms with Gasteiger partial charge in [-0.15, -0.1) is 22.9 Å². The zero-order valence-corrected chi connectivity index (χ0v) is 16.6. The Bertz CT molecular complexity index is 808. The van der Waals surface area contributed by atoms with Crippen molar-refractivity contribution in [3.05, 3.63) is 51.7 Å². The zero-order chi connectivity index (χ0) is 20.3. The number of aliphatic hydroxyl groups is 1. The highest BCUT2D eigenvalue weighted by Crippen LogP contribution is 2.39. The fourth-order valence-electron chi connectivity index (χ4n) is 3.71. The van der Waals surface area contributed by atoms with Crippen LogP contribution in [-0.4, -0.2) is 34.3 Å². The molecule has 1 aliphatic carbocycles. The summed E-state index contributed by atoms with van der Waals surface area (Å²) in [5.74, 6) is -2.50. The van der Waals surface area contributed by atoms with Gasteiger partial charge >= 0.3 is 5.97 Å². The number of aromatic carboxylic acids is 1. The highest BCUT2D eigenvalue weighted by atomic mass is 35.5. The molecule has 2 aromatic rings. The first-order valence-electron chi connectivity index (χ1n) is 9.06. The third kappa shape index (κ3) is 5.21. The molecule has 0 amide bonds. The fraction of sp³-hybridized carbons (Fsp3) is 0.450. The lowest BCUT2D eigenvalue weighted by atomic mass is 9.90. The maximum absolute atomic E-state index is 13.3. The first-order valence-corrected chi connectivity index (χ1v) is 10.3. The van der Waals surface area contributed by atoms with Gasteiger partial charge < -0.3 is 14.9 Å². The average Bonchev–Trinajstić information content (AvgIpc) is 3.18. The highest BCUT2D eigenvalue weighted by molar-refractivity contribution is 7.13. The number of rotatable bonds is 8. The molecule has 1 aromatic heterocycles. The summed E-state index contributed by atoms with van der Waals surface area (Å²) < 4.78 is 32.1. The van der Waals surface area contributed by atoms with Gasteiger partial charge in [0.25, 0.3) is 0 Å². The van der Waals surface area contributed by atoms with E-state index in [1.807, 2.05) is 6.07 Å². The zero-order valence-electron chi connectivity index (χ0n) is 15.0. The number of carboxylic acid groups (broad SMARTS) is 1. The summed E-state index contributed by atoms with van der Waals surface area (Å²) in [4.78, 5) is 12.3. The predicted molar refractivity (Wildman–Crippen MR) is 103 cm³/mol. The van der Waals surface area contributed by atoms with Crippen LogP contribution in [0.1, 0.15) is 33.8 Å². The van der Waals surface area contributed by atoms with E-state index in [9.17, 15) is 18.7 Å². The summed E-state index contributed by atoms with van der Waals surface area (Å²) in [6, 6.07) is 6.40. The molecule has 0 bridgehead atoms. The quantitative estimate of drug-likeness (QED) is 0.594. The number of carbonyl (C=O) groups is 1. The van der Waals surface area contributed by atoms with Crippen molar-refractivity contribution in [3.63, 3.8) is 0 Å². The van der Waals surface area contributed by atoms with E-state index in [-0.39, 0.29) is 29.6 Å². The van der Waals surface area contributed by atoms with Gasteiger partial charge in [-0.1, -0.05) is 0 Å². The Kier molecular flexibility index (Phi) is 6.91. The smallest absolute Gasteiger partial charge is 0.345 e. The Hall–Kier alpha value is -1.70. The Morgan fingerprint density at radius 2 is 1.93 bits per heavy atom. The minimum absolute atomic E-state index is 0.00831. The van der Waals surface area contributed by atoms with Gasteiger partial charge in [-0.2, -0.15) is 0 Å². The van der Waals surface area contributed by atoms with Crippen LogP contribution in [0.25, 0.3) is 0 Å². The van der Waals surface area contributed by atoms with Crippen LogP contribution in [0.5, 0.6) is 5.75 Å². The predicted octanol–water partition coefficient (Wildman–Crippen LogP) is 4.73. The molecular formula is C20H21ClF2O4S. The molecule has 4 atom stereocenters. The second kappa shape index (κ2) is 9.20. The molecule has 3 rings (SSSR count). The van der Waals surface area contributed by atoms with Crippen LogP contribution in [-0.2, 0) is 6.42 Å². The van der Waals surface area contributed by atoms with Gasteiger partial charge in [0.1, 0.15) is 22.3 Å². The van der Waals surface area contributed by atoms with E-state index in [2.05, 4.69) is 0 Å². The third-order valence-corrected chi connectivity index (χ3v) is 6.72. The Morgan fingerprint density at radius 3 is 2.57 bits per heavy atom. The minimum Gasteiger partial charge on any atom is -0.493 e. The number of ether oxygens (including phenoxy) is 1. The molecule has 0 radical (unpaired) electrons. The Morgan fingerprint density at radius 1 is 1.21 bits per heavy atom. The Balaban J connectivity index is 1.56. The van der Waals surface area contributed by atoms with Gasteiger partial charge in [0, 0.05) is 34.4 Å². The van der Waals surface area contributed by atoms with E-state index < -0.39 is 23.7 Å². The molecule has 0 aliphatic heterocycles. The van der Waals surface area contributed by atoms with Gasteiger partial charge in [0.05, 0.1) is 12.7 Å². The lowest BCUT2D eigenvalue weighted by Gasteiger charge is -2.23. The summed E-state index contributed by atoms with van der Waals surface area (Å²) in [7, 11) is 0. The molecule has 1 fully saturated rings. The summed E-state index contributed by atoms with van der Waals surface area (Å²) in [5, 5.41) is 19.1. The van der Waals surface area contributed by atoms with Crippen molar-refractivity contribution >= 4 is 28.9 Å². The van der Waals surface area contributed by atoms with E-state index in [1.54, 1.807) is 6.07 Å². The number of hydrogen-bond acceptors (Lipinski definition) is 4. The van der Waals surface area contributed by atoms with Crippen LogP contribution in [0.15, 0.2) is 30.3 Å². The number of hydrogen-bond donors (Lipinski definition) is 2. The number of thiophene rings is 1. The third-order valence-electron chi connectivity index (χ3n) is 5.09. The van der Waals surface area contributed by atoms with Crippen LogP contribution >= 0.6 is 22.9 Å². The number of halogens is 3. The summed E-state index contributed by atoms with van der Waals surface area (Å²) in [6.45, 7) is 0.125. The lowest BCUT2D eigenvalue weighted by Crippen LogP contribution is -2.27. The van der Waals surface area contributed by atoms with E-state index in [0.29, 0.717) is 11.3 Å². The van der Waals surface area contributed by atoms with Gasteiger partial charge in [-0.25, -0.2) is 13.6 Å². The second-order valence-corrected chi connectivity index (χ2v) is 8.76. The molecule has 2 N–H and O–H groups in total. The molecule has 1 aromatic carbocycles. The van der Waals surface area contributed by atoms with Crippen molar-refractivity contribution in [1.29, 1.82) is 0 Å². The summed E-state index contributed by atoms with van der Waals surface area (Å²) in [5.41, 5.74) is 0. The number of carboxylic acids is 1. The van der Waals surface area contributed by atoms with E-state index in [1.165, 1.54) is 11.3 Å². The van der Waals surface area contributed by atoms with Gasteiger partial charge in [-0.05, 0) is 43.7 Å². The average molecular weight is 431 g/mol. The molecule has 1 saturated carbocycles. The molecule has 4 nitrogen and oxygen atoms in total. The van der Waals surface area contributed by atoms with Crippen LogP contribution in [0.3, 0.4) is 0 Å². The molecule has 8 heteroatoms.